The highest BCUT2D eigenvalue weighted by molar-refractivity contribution is 5.74. The highest BCUT2D eigenvalue weighted by Gasteiger charge is 2.11. The zero-order chi connectivity index (χ0) is 18.9. The van der Waals surface area contributed by atoms with E-state index in [1.807, 2.05) is 77.6 Å². The standard InChI is InChI=1S/C23H16N4O/c28-23-19(7-4-10-25-23)17-9-12-27-21(15-26-22(27)14-17)18-8-11-24-20(13-18)16-5-2-1-3-6-16/h1-15H,(H,25,28). The molecule has 0 amide bonds. The van der Waals surface area contributed by atoms with Crippen LogP contribution in [0.3, 0.4) is 0 Å². The van der Waals surface area contributed by atoms with Gasteiger partial charge in [0.15, 0.2) is 0 Å². The van der Waals surface area contributed by atoms with Gasteiger partial charge in [0.25, 0.3) is 0 Å². The van der Waals surface area contributed by atoms with Crippen molar-refractivity contribution in [3.05, 3.63) is 91.5 Å². The van der Waals surface area contributed by atoms with Crippen molar-refractivity contribution in [1.82, 2.24) is 19.4 Å². The highest BCUT2D eigenvalue weighted by Crippen LogP contribution is 2.30. The van der Waals surface area contributed by atoms with Crippen LogP contribution in [0.5, 0.6) is 5.88 Å². The molecule has 0 unspecified atom stereocenters. The molecule has 134 valence electrons. The maximum absolute atomic E-state index is 10.0. The number of imidazole rings is 1. The number of hydrogen-bond donors (Lipinski definition) is 1. The molecule has 4 heterocycles. The van der Waals surface area contributed by atoms with E-state index < -0.39 is 0 Å². The number of nitrogens with zero attached hydrogens (tertiary/aromatic N) is 4. The molecule has 4 aromatic heterocycles. The van der Waals surface area contributed by atoms with Crippen LogP contribution in [-0.2, 0) is 0 Å². The van der Waals surface area contributed by atoms with E-state index in [0.717, 1.165) is 33.7 Å². The molecule has 0 aliphatic carbocycles. The Morgan fingerprint density at radius 3 is 2.46 bits per heavy atom. The van der Waals surface area contributed by atoms with Crippen molar-refractivity contribution in [2.24, 2.45) is 0 Å². The molecule has 0 radical (unpaired) electrons. The van der Waals surface area contributed by atoms with Crippen molar-refractivity contribution in [3.63, 3.8) is 0 Å². The van der Waals surface area contributed by atoms with Gasteiger partial charge in [0.1, 0.15) is 5.65 Å². The van der Waals surface area contributed by atoms with E-state index in [1.54, 1.807) is 12.3 Å². The van der Waals surface area contributed by atoms with E-state index in [-0.39, 0.29) is 5.88 Å². The van der Waals surface area contributed by atoms with Crippen LogP contribution in [0.15, 0.2) is 91.5 Å². The molecule has 28 heavy (non-hydrogen) atoms. The van der Waals surface area contributed by atoms with Gasteiger partial charge >= 0.3 is 0 Å². The molecule has 1 N–H and O–H groups in total. The summed E-state index contributed by atoms with van der Waals surface area (Å²) in [5.74, 6) is 0.0141. The number of rotatable bonds is 3. The first-order valence-corrected chi connectivity index (χ1v) is 8.93. The molecule has 0 spiro atoms. The van der Waals surface area contributed by atoms with Crippen LogP contribution in [0.2, 0.25) is 0 Å². The molecule has 0 fully saturated rings. The minimum absolute atomic E-state index is 0.0141. The molecule has 0 saturated heterocycles. The lowest BCUT2D eigenvalue weighted by Gasteiger charge is -2.07. The number of aromatic nitrogens is 4. The smallest absolute Gasteiger partial charge is 0.218 e. The first-order chi connectivity index (χ1) is 13.8. The van der Waals surface area contributed by atoms with E-state index >= 15 is 0 Å². The topological polar surface area (TPSA) is 63.3 Å². The Balaban J connectivity index is 1.59. The van der Waals surface area contributed by atoms with Crippen molar-refractivity contribution in [2.75, 3.05) is 0 Å². The summed E-state index contributed by atoms with van der Waals surface area (Å²) in [6.45, 7) is 0. The second-order valence-corrected chi connectivity index (χ2v) is 6.46. The molecule has 5 aromatic rings. The van der Waals surface area contributed by atoms with E-state index in [1.165, 1.54) is 0 Å². The number of hydrogen-bond acceptors (Lipinski definition) is 4. The summed E-state index contributed by atoms with van der Waals surface area (Å²) in [7, 11) is 0. The zero-order valence-corrected chi connectivity index (χ0v) is 14.9. The van der Waals surface area contributed by atoms with Gasteiger partial charge in [-0.3, -0.25) is 9.38 Å². The molecule has 1 aromatic carbocycles. The average Bonchev–Trinajstić information content (AvgIpc) is 3.18. The predicted molar refractivity (Wildman–Crippen MR) is 109 cm³/mol. The second kappa shape index (κ2) is 6.63. The molecule has 0 saturated carbocycles. The van der Waals surface area contributed by atoms with Gasteiger partial charge in [0.2, 0.25) is 5.88 Å². The van der Waals surface area contributed by atoms with Crippen molar-refractivity contribution < 1.29 is 5.11 Å². The number of pyridine rings is 3. The normalized spacial score (nSPS) is 11.0. The quantitative estimate of drug-likeness (QED) is 0.498. The lowest BCUT2D eigenvalue weighted by atomic mass is 10.1. The van der Waals surface area contributed by atoms with Gasteiger partial charge in [0.05, 0.1) is 17.6 Å². The van der Waals surface area contributed by atoms with Crippen LogP contribution in [-0.4, -0.2) is 24.5 Å². The lowest BCUT2D eigenvalue weighted by Crippen LogP contribution is -1.91. The third-order valence-corrected chi connectivity index (χ3v) is 4.74. The monoisotopic (exact) mass is 364 g/mol. The van der Waals surface area contributed by atoms with Crippen LogP contribution >= 0.6 is 0 Å². The van der Waals surface area contributed by atoms with Gasteiger partial charge < -0.3 is 5.11 Å². The van der Waals surface area contributed by atoms with Gasteiger partial charge in [-0.05, 0) is 42.0 Å². The molecular weight excluding hydrogens is 348 g/mol. The van der Waals surface area contributed by atoms with Crippen LogP contribution in [0.25, 0.3) is 39.3 Å². The number of fused-ring (bicyclic) bond motifs is 1. The first kappa shape index (κ1) is 16.2. The van der Waals surface area contributed by atoms with Crippen molar-refractivity contribution in [2.45, 2.75) is 0 Å². The Morgan fingerprint density at radius 1 is 0.714 bits per heavy atom. The summed E-state index contributed by atoms with van der Waals surface area (Å²) in [6.07, 6.45) is 7.20. The number of benzene rings is 1. The molecule has 0 atom stereocenters. The van der Waals surface area contributed by atoms with Gasteiger partial charge in [-0.1, -0.05) is 30.3 Å². The Labute approximate surface area is 161 Å². The summed E-state index contributed by atoms with van der Waals surface area (Å²) >= 11 is 0. The van der Waals surface area contributed by atoms with Gasteiger partial charge in [-0.2, -0.15) is 0 Å². The predicted octanol–water partition coefficient (Wildman–Crippen LogP) is 4.83. The van der Waals surface area contributed by atoms with Crippen molar-refractivity contribution in [3.8, 4) is 39.5 Å². The van der Waals surface area contributed by atoms with Gasteiger partial charge in [-0.25, -0.2) is 9.97 Å². The summed E-state index contributed by atoms with van der Waals surface area (Å²) in [5.41, 5.74) is 6.38. The summed E-state index contributed by atoms with van der Waals surface area (Å²) < 4.78 is 2.03. The molecule has 0 aliphatic heterocycles. The Bertz CT molecular complexity index is 1280. The fourth-order valence-corrected chi connectivity index (χ4v) is 3.34. The molecule has 5 rings (SSSR count). The minimum atomic E-state index is 0.0141. The summed E-state index contributed by atoms with van der Waals surface area (Å²) in [6, 6.07) is 21.7. The largest absolute Gasteiger partial charge is 0.493 e. The zero-order valence-electron chi connectivity index (χ0n) is 14.9. The van der Waals surface area contributed by atoms with Crippen molar-refractivity contribution in [1.29, 1.82) is 0 Å². The van der Waals surface area contributed by atoms with E-state index in [4.69, 9.17) is 0 Å². The molecule has 5 nitrogen and oxygen atoms in total. The van der Waals surface area contributed by atoms with Gasteiger partial charge in [-0.15, -0.1) is 0 Å². The third kappa shape index (κ3) is 2.79. The maximum atomic E-state index is 10.0. The average molecular weight is 364 g/mol. The number of aromatic hydroxyl groups is 1. The van der Waals surface area contributed by atoms with E-state index in [0.29, 0.717) is 5.56 Å². The maximum Gasteiger partial charge on any atom is 0.218 e. The fraction of sp³-hybridized carbons (Fsp3) is 0. The Morgan fingerprint density at radius 2 is 1.61 bits per heavy atom. The van der Waals surface area contributed by atoms with Crippen LogP contribution in [0.1, 0.15) is 0 Å². The first-order valence-electron chi connectivity index (χ1n) is 8.93. The summed E-state index contributed by atoms with van der Waals surface area (Å²) in [4.78, 5) is 13.0. The Kier molecular flexibility index (Phi) is 3.84. The Hall–Kier alpha value is -3.99. The van der Waals surface area contributed by atoms with Gasteiger partial charge in [0, 0.05) is 35.3 Å². The second-order valence-electron chi connectivity index (χ2n) is 6.46. The third-order valence-electron chi connectivity index (χ3n) is 4.74. The molecular formula is C23H16N4O. The molecule has 0 aliphatic rings. The fourth-order valence-electron chi connectivity index (χ4n) is 3.34. The van der Waals surface area contributed by atoms with E-state index in [9.17, 15) is 5.11 Å². The van der Waals surface area contributed by atoms with Crippen LogP contribution in [0.4, 0.5) is 0 Å². The van der Waals surface area contributed by atoms with Crippen LogP contribution in [0, 0.1) is 0 Å². The molecule has 0 bridgehead atoms. The highest BCUT2D eigenvalue weighted by atomic mass is 16.3. The lowest BCUT2D eigenvalue weighted by molar-refractivity contribution is 0.455. The SMILES string of the molecule is Oc1ncccc1-c1ccn2c(-c3ccnc(-c4ccccc4)c3)cnc2c1. The summed E-state index contributed by atoms with van der Waals surface area (Å²) in [5, 5.41) is 10.0. The van der Waals surface area contributed by atoms with Crippen LogP contribution < -0.4 is 0 Å². The van der Waals surface area contributed by atoms with E-state index in [2.05, 4.69) is 21.0 Å². The minimum Gasteiger partial charge on any atom is -0.493 e. The molecule has 5 heteroatoms. The van der Waals surface area contributed by atoms with Crippen molar-refractivity contribution >= 4 is 5.65 Å².